The van der Waals surface area contributed by atoms with E-state index in [1.54, 1.807) is 0 Å². The second-order valence-electron chi connectivity index (χ2n) is 6.94. The molecule has 0 aliphatic carbocycles. The van der Waals surface area contributed by atoms with Crippen LogP contribution in [0, 0.1) is 17.8 Å². The molecule has 0 radical (unpaired) electrons. The molecular formula is C18H33N. The summed E-state index contributed by atoms with van der Waals surface area (Å²) in [7, 11) is 0. The van der Waals surface area contributed by atoms with Crippen molar-refractivity contribution in [2.75, 3.05) is 0 Å². The van der Waals surface area contributed by atoms with Gasteiger partial charge in [0.25, 0.3) is 0 Å². The molecule has 0 spiro atoms. The molecule has 0 fully saturated rings. The molecule has 1 aliphatic rings. The second-order valence-corrected chi connectivity index (χ2v) is 6.94. The highest BCUT2D eigenvalue weighted by molar-refractivity contribution is 5.59. The lowest BCUT2D eigenvalue weighted by Crippen LogP contribution is -1.98. The summed E-state index contributed by atoms with van der Waals surface area (Å²) in [6.07, 6.45) is 15.2. The predicted octanol–water partition coefficient (Wildman–Crippen LogP) is 6.00. The van der Waals surface area contributed by atoms with Gasteiger partial charge in [0.2, 0.25) is 0 Å². The van der Waals surface area contributed by atoms with Gasteiger partial charge in [-0.1, -0.05) is 59.5 Å². The highest BCUT2D eigenvalue weighted by Gasteiger charge is 2.10. The summed E-state index contributed by atoms with van der Waals surface area (Å²) in [5.74, 6) is 2.35. The van der Waals surface area contributed by atoms with E-state index < -0.39 is 0 Å². The van der Waals surface area contributed by atoms with Crippen LogP contribution in [0.25, 0.3) is 0 Å². The molecule has 0 saturated carbocycles. The van der Waals surface area contributed by atoms with Gasteiger partial charge in [-0.3, -0.25) is 4.99 Å². The molecule has 0 bridgehead atoms. The molecule has 1 unspecified atom stereocenters. The van der Waals surface area contributed by atoms with Crippen LogP contribution in [0.15, 0.2) is 16.8 Å². The molecule has 0 N–H and O–H groups in total. The predicted molar refractivity (Wildman–Crippen MR) is 86.7 cm³/mol. The Morgan fingerprint density at radius 3 is 2.58 bits per heavy atom. The zero-order valence-corrected chi connectivity index (χ0v) is 13.5. The number of aliphatic imine (C=N–C) groups is 1. The molecule has 1 aliphatic heterocycles. The van der Waals surface area contributed by atoms with E-state index in [1.807, 2.05) is 0 Å². The van der Waals surface area contributed by atoms with Gasteiger partial charge in [-0.15, -0.1) is 0 Å². The highest BCUT2D eigenvalue weighted by atomic mass is 14.7. The first kappa shape index (κ1) is 16.5. The summed E-state index contributed by atoms with van der Waals surface area (Å²) in [5, 5.41) is 0. The van der Waals surface area contributed by atoms with Crippen molar-refractivity contribution in [1.29, 1.82) is 0 Å². The van der Waals surface area contributed by atoms with Crippen LogP contribution >= 0.6 is 0 Å². The molecular weight excluding hydrogens is 230 g/mol. The average Bonchev–Trinajstić information content (AvgIpc) is 2.53. The molecule has 110 valence electrons. The first-order valence-electron chi connectivity index (χ1n) is 8.31. The van der Waals surface area contributed by atoms with Crippen LogP contribution in [0.3, 0.4) is 0 Å². The van der Waals surface area contributed by atoms with Crippen LogP contribution in [-0.4, -0.2) is 6.21 Å². The van der Waals surface area contributed by atoms with Crippen molar-refractivity contribution in [2.45, 2.75) is 79.1 Å². The van der Waals surface area contributed by atoms with E-state index in [2.05, 4.69) is 45.0 Å². The highest BCUT2D eigenvalue weighted by Crippen LogP contribution is 2.24. The molecule has 0 amide bonds. The summed E-state index contributed by atoms with van der Waals surface area (Å²) in [6.45, 7) is 9.21. The largest absolute Gasteiger partial charge is 0.266 e. The molecule has 0 aromatic carbocycles. The Balaban J connectivity index is 2.28. The van der Waals surface area contributed by atoms with Crippen molar-refractivity contribution in [3.8, 4) is 0 Å². The number of nitrogens with zero attached hydrogens (tertiary/aromatic N) is 1. The van der Waals surface area contributed by atoms with Gasteiger partial charge in [-0.05, 0) is 43.4 Å². The Kier molecular flexibility index (Phi) is 8.09. The Morgan fingerprint density at radius 2 is 1.89 bits per heavy atom. The maximum absolute atomic E-state index is 4.62. The lowest BCUT2D eigenvalue weighted by atomic mass is 9.94. The van der Waals surface area contributed by atoms with Crippen molar-refractivity contribution < 1.29 is 0 Å². The fourth-order valence-corrected chi connectivity index (χ4v) is 2.77. The van der Waals surface area contributed by atoms with Crippen LogP contribution in [0.1, 0.15) is 79.1 Å². The van der Waals surface area contributed by atoms with Crippen molar-refractivity contribution in [2.24, 2.45) is 22.7 Å². The van der Waals surface area contributed by atoms with Crippen molar-refractivity contribution >= 4 is 6.21 Å². The second kappa shape index (κ2) is 9.34. The Morgan fingerprint density at radius 1 is 1.11 bits per heavy atom. The van der Waals surface area contributed by atoms with Gasteiger partial charge in [0, 0.05) is 11.9 Å². The maximum Gasteiger partial charge on any atom is 0.0365 e. The van der Waals surface area contributed by atoms with E-state index in [0.717, 1.165) is 24.7 Å². The number of unbranched alkanes of at least 4 members (excludes halogenated alkanes) is 2. The monoisotopic (exact) mass is 263 g/mol. The Bertz CT molecular complexity index is 286. The molecule has 1 nitrogen and oxygen atoms in total. The first-order valence-corrected chi connectivity index (χ1v) is 8.31. The number of rotatable bonds is 8. The number of hydrogen-bond donors (Lipinski definition) is 0. The zero-order valence-electron chi connectivity index (χ0n) is 13.5. The van der Waals surface area contributed by atoms with Crippen LogP contribution in [0.2, 0.25) is 0 Å². The summed E-state index contributed by atoms with van der Waals surface area (Å²) < 4.78 is 0. The normalized spacial score (nSPS) is 19.9. The van der Waals surface area contributed by atoms with E-state index >= 15 is 0 Å². The summed E-state index contributed by atoms with van der Waals surface area (Å²) in [4.78, 5) is 4.62. The molecule has 1 heteroatoms. The van der Waals surface area contributed by atoms with Gasteiger partial charge >= 0.3 is 0 Å². The van der Waals surface area contributed by atoms with Crippen molar-refractivity contribution in [1.82, 2.24) is 0 Å². The summed E-state index contributed by atoms with van der Waals surface area (Å²) in [6, 6.07) is 0. The lowest BCUT2D eigenvalue weighted by molar-refractivity contribution is 0.478. The van der Waals surface area contributed by atoms with E-state index in [-0.39, 0.29) is 0 Å². The number of allylic oxidation sites excluding steroid dienone is 2. The number of hydrogen-bond acceptors (Lipinski definition) is 1. The minimum atomic E-state index is 0.716. The van der Waals surface area contributed by atoms with E-state index in [4.69, 9.17) is 0 Å². The molecule has 1 atom stereocenters. The summed E-state index contributed by atoms with van der Waals surface area (Å²) in [5.41, 5.74) is 1.33. The molecule has 0 aromatic heterocycles. The van der Waals surface area contributed by atoms with Crippen LogP contribution in [0.4, 0.5) is 0 Å². The third-order valence-electron chi connectivity index (χ3n) is 3.83. The van der Waals surface area contributed by atoms with Crippen LogP contribution < -0.4 is 0 Å². The van der Waals surface area contributed by atoms with Crippen LogP contribution in [-0.2, 0) is 0 Å². The lowest BCUT2D eigenvalue weighted by Gasteiger charge is -2.12. The van der Waals surface area contributed by atoms with E-state index in [1.165, 1.54) is 44.2 Å². The Labute approximate surface area is 120 Å². The maximum atomic E-state index is 4.62. The summed E-state index contributed by atoms with van der Waals surface area (Å²) >= 11 is 0. The molecule has 1 rings (SSSR count). The van der Waals surface area contributed by atoms with Gasteiger partial charge in [0.05, 0.1) is 0 Å². The van der Waals surface area contributed by atoms with Gasteiger partial charge < -0.3 is 0 Å². The van der Waals surface area contributed by atoms with Crippen molar-refractivity contribution in [3.05, 3.63) is 11.8 Å². The van der Waals surface area contributed by atoms with Crippen LogP contribution in [0.5, 0.6) is 0 Å². The fraction of sp³-hybridized carbons (Fsp3) is 0.833. The third kappa shape index (κ3) is 8.23. The van der Waals surface area contributed by atoms with E-state index in [0.29, 0.717) is 5.92 Å². The van der Waals surface area contributed by atoms with E-state index in [9.17, 15) is 0 Å². The van der Waals surface area contributed by atoms with Gasteiger partial charge in [-0.2, -0.15) is 0 Å². The molecule has 0 saturated heterocycles. The third-order valence-corrected chi connectivity index (χ3v) is 3.83. The minimum absolute atomic E-state index is 0.716. The smallest absolute Gasteiger partial charge is 0.0365 e. The zero-order chi connectivity index (χ0) is 14.1. The van der Waals surface area contributed by atoms with Gasteiger partial charge in [0.1, 0.15) is 0 Å². The minimum Gasteiger partial charge on any atom is -0.266 e. The standard InChI is InChI=1S/C18H33N/c1-15(2)9-6-5-7-10-17-11-8-12-19-18(14-17)13-16(3)4/h12,14-17H,5-11,13H2,1-4H3. The SMILES string of the molecule is CC(C)CCCCCC1C=C(CC(C)C)N=CCC1. The quantitative estimate of drug-likeness (QED) is 0.476. The first-order chi connectivity index (χ1) is 9.08. The Hall–Kier alpha value is -0.590. The molecule has 19 heavy (non-hydrogen) atoms. The van der Waals surface area contributed by atoms with Crippen molar-refractivity contribution in [3.63, 3.8) is 0 Å². The van der Waals surface area contributed by atoms with Gasteiger partial charge in [0.15, 0.2) is 0 Å². The topological polar surface area (TPSA) is 12.4 Å². The average molecular weight is 263 g/mol. The fourth-order valence-electron chi connectivity index (χ4n) is 2.77. The molecule has 1 heterocycles. The van der Waals surface area contributed by atoms with Gasteiger partial charge in [-0.25, -0.2) is 0 Å². The molecule has 0 aromatic rings.